The zero-order valence-electron chi connectivity index (χ0n) is 18.1. The molecule has 0 aromatic heterocycles. The molecule has 1 fully saturated rings. The van der Waals surface area contributed by atoms with E-state index in [1.807, 2.05) is 0 Å². The summed E-state index contributed by atoms with van der Waals surface area (Å²) >= 11 is 0. The molecule has 6 atom stereocenters. The second kappa shape index (κ2) is 9.54. The largest absolute Gasteiger partial charge is 0.493 e. The molecule has 4 rings (SSSR count). The van der Waals surface area contributed by atoms with Crippen molar-refractivity contribution in [3.05, 3.63) is 53.1 Å². The fourth-order valence-electron chi connectivity index (χ4n) is 4.03. The van der Waals surface area contributed by atoms with E-state index in [2.05, 4.69) is 0 Å². The smallest absolute Gasteiger partial charge is 0.342 e. The van der Waals surface area contributed by atoms with E-state index >= 15 is 0 Å². The van der Waals surface area contributed by atoms with Gasteiger partial charge in [0, 0.05) is 6.42 Å². The number of aliphatic hydroxyl groups is 4. The zero-order chi connectivity index (χ0) is 23.7. The lowest BCUT2D eigenvalue weighted by Gasteiger charge is -2.40. The van der Waals surface area contributed by atoms with Gasteiger partial charge in [-0.15, -0.1) is 0 Å². The topological polar surface area (TPSA) is 144 Å². The van der Waals surface area contributed by atoms with Crippen LogP contribution in [0.25, 0.3) is 0 Å². The van der Waals surface area contributed by atoms with Crippen LogP contribution in [-0.4, -0.2) is 77.9 Å². The maximum atomic E-state index is 12.9. The molecule has 2 heterocycles. The molecule has 178 valence electrons. The Morgan fingerprint density at radius 2 is 1.73 bits per heavy atom. The third kappa shape index (κ3) is 4.35. The molecule has 10 heteroatoms. The summed E-state index contributed by atoms with van der Waals surface area (Å²) in [6, 6.07) is 10.2. The number of esters is 1. The summed E-state index contributed by atoms with van der Waals surface area (Å²) in [7, 11) is 3.05. The Morgan fingerprint density at radius 1 is 0.970 bits per heavy atom. The average Bonchev–Trinajstić information content (AvgIpc) is 2.83. The lowest BCUT2D eigenvalue weighted by atomic mass is 9.93. The van der Waals surface area contributed by atoms with Gasteiger partial charge in [-0.05, 0) is 29.3 Å². The maximum absolute atomic E-state index is 12.9. The molecule has 0 radical (unpaired) electrons. The molecule has 2 aliphatic heterocycles. The van der Waals surface area contributed by atoms with Gasteiger partial charge in [-0.3, -0.25) is 0 Å². The number of benzene rings is 2. The van der Waals surface area contributed by atoms with Gasteiger partial charge < -0.3 is 44.1 Å². The minimum atomic E-state index is -1.60. The molecule has 2 aromatic carbocycles. The van der Waals surface area contributed by atoms with Crippen molar-refractivity contribution in [3.63, 3.8) is 0 Å². The number of rotatable bonds is 6. The Bertz CT molecular complexity index is 1010. The SMILES string of the molecule is COc1ccc(C2Cc3cccc(OC4OC(CO)C(O)C(O)C4O)c3C(=O)O2)cc1OC. The Hall–Kier alpha value is -2.89. The lowest BCUT2D eigenvalue weighted by Crippen LogP contribution is -2.60. The molecule has 4 N–H and O–H groups in total. The lowest BCUT2D eigenvalue weighted by molar-refractivity contribution is -0.277. The van der Waals surface area contributed by atoms with Crippen molar-refractivity contribution < 1.29 is 48.9 Å². The third-order valence-electron chi connectivity index (χ3n) is 5.84. The Balaban J connectivity index is 1.59. The summed E-state index contributed by atoms with van der Waals surface area (Å²) in [5, 5.41) is 39.6. The number of methoxy groups -OCH3 is 2. The fourth-order valence-corrected chi connectivity index (χ4v) is 4.03. The number of fused-ring (bicyclic) bond motifs is 1. The quantitative estimate of drug-likeness (QED) is 0.444. The van der Waals surface area contributed by atoms with Crippen molar-refractivity contribution in [3.8, 4) is 17.2 Å². The number of cyclic esters (lactones) is 1. The van der Waals surface area contributed by atoms with Crippen molar-refractivity contribution in [2.24, 2.45) is 0 Å². The van der Waals surface area contributed by atoms with Crippen LogP contribution < -0.4 is 14.2 Å². The number of carbonyl (C=O) groups excluding carboxylic acids is 1. The molecule has 10 nitrogen and oxygen atoms in total. The van der Waals surface area contributed by atoms with E-state index in [9.17, 15) is 25.2 Å². The van der Waals surface area contributed by atoms with Crippen LogP contribution in [0.2, 0.25) is 0 Å². The molecular formula is C23H26O10. The first-order chi connectivity index (χ1) is 15.9. The summed E-state index contributed by atoms with van der Waals surface area (Å²) in [5.41, 5.74) is 1.56. The van der Waals surface area contributed by atoms with Crippen LogP contribution in [-0.2, 0) is 15.9 Å². The first-order valence-electron chi connectivity index (χ1n) is 10.4. The minimum absolute atomic E-state index is 0.0904. The van der Waals surface area contributed by atoms with Crippen LogP contribution >= 0.6 is 0 Å². The van der Waals surface area contributed by atoms with Gasteiger partial charge in [-0.25, -0.2) is 4.79 Å². The number of carbonyl (C=O) groups is 1. The van der Waals surface area contributed by atoms with Gasteiger partial charge in [-0.1, -0.05) is 18.2 Å². The number of ether oxygens (including phenoxy) is 5. The molecule has 0 amide bonds. The Labute approximate surface area is 189 Å². The van der Waals surface area contributed by atoms with Crippen LogP contribution in [0, 0.1) is 0 Å². The van der Waals surface area contributed by atoms with E-state index in [1.54, 1.807) is 30.3 Å². The van der Waals surface area contributed by atoms with Gasteiger partial charge in [0.2, 0.25) is 6.29 Å². The average molecular weight is 462 g/mol. The number of hydrogen-bond donors (Lipinski definition) is 4. The normalized spacial score (nSPS) is 29.1. The van der Waals surface area contributed by atoms with Crippen molar-refractivity contribution in [2.75, 3.05) is 20.8 Å². The molecule has 0 bridgehead atoms. The monoisotopic (exact) mass is 462 g/mol. The molecule has 2 aliphatic rings. The molecule has 1 saturated heterocycles. The summed E-state index contributed by atoms with van der Waals surface area (Å²) < 4.78 is 27.3. The summed E-state index contributed by atoms with van der Waals surface area (Å²) in [6.07, 6.45) is -7.45. The predicted octanol–water partition coefficient (Wildman–Crippen LogP) is 0.337. The summed E-state index contributed by atoms with van der Waals surface area (Å²) in [6.45, 7) is -0.591. The van der Waals surface area contributed by atoms with Crippen molar-refractivity contribution in [1.29, 1.82) is 0 Å². The molecule has 0 saturated carbocycles. The van der Waals surface area contributed by atoms with Gasteiger partial charge >= 0.3 is 5.97 Å². The van der Waals surface area contributed by atoms with Gasteiger partial charge in [0.1, 0.15) is 41.8 Å². The van der Waals surface area contributed by atoms with Crippen LogP contribution in [0.1, 0.15) is 27.6 Å². The Kier molecular flexibility index (Phi) is 6.73. The first-order valence-corrected chi connectivity index (χ1v) is 10.4. The van der Waals surface area contributed by atoms with E-state index < -0.39 is 49.4 Å². The minimum Gasteiger partial charge on any atom is -0.493 e. The first kappa shape index (κ1) is 23.3. The van der Waals surface area contributed by atoms with Crippen molar-refractivity contribution >= 4 is 5.97 Å². The van der Waals surface area contributed by atoms with Gasteiger partial charge in [0.25, 0.3) is 0 Å². The van der Waals surface area contributed by atoms with E-state index in [-0.39, 0.29) is 11.3 Å². The highest BCUT2D eigenvalue weighted by Crippen LogP contribution is 2.38. The zero-order valence-corrected chi connectivity index (χ0v) is 18.1. The molecule has 0 spiro atoms. The maximum Gasteiger partial charge on any atom is 0.342 e. The van der Waals surface area contributed by atoms with Gasteiger partial charge in [0.15, 0.2) is 11.5 Å². The van der Waals surface area contributed by atoms with Crippen molar-refractivity contribution in [2.45, 2.75) is 43.2 Å². The molecule has 33 heavy (non-hydrogen) atoms. The second-order valence-corrected chi connectivity index (χ2v) is 7.82. The molecule has 6 unspecified atom stereocenters. The van der Waals surface area contributed by atoms with Gasteiger partial charge in [0.05, 0.1) is 20.8 Å². The van der Waals surface area contributed by atoms with Crippen LogP contribution in [0.4, 0.5) is 0 Å². The van der Waals surface area contributed by atoms with E-state index in [0.29, 0.717) is 23.5 Å². The summed E-state index contributed by atoms with van der Waals surface area (Å²) in [5.74, 6) is 0.527. The van der Waals surface area contributed by atoms with Crippen LogP contribution in [0.15, 0.2) is 36.4 Å². The van der Waals surface area contributed by atoms with E-state index in [0.717, 1.165) is 5.56 Å². The Morgan fingerprint density at radius 3 is 2.42 bits per heavy atom. The second-order valence-electron chi connectivity index (χ2n) is 7.82. The molecule has 0 aliphatic carbocycles. The molecule has 2 aromatic rings. The van der Waals surface area contributed by atoms with Crippen LogP contribution in [0.3, 0.4) is 0 Å². The highest BCUT2D eigenvalue weighted by Gasteiger charge is 2.45. The van der Waals surface area contributed by atoms with Crippen LogP contribution in [0.5, 0.6) is 17.2 Å². The van der Waals surface area contributed by atoms with Crippen molar-refractivity contribution in [1.82, 2.24) is 0 Å². The molecular weight excluding hydrogens is 436 g/mol. The van der Waals surface area contributed by atoms with Gasteiger partial charge in [-0.2, -0.15) is 0 Å². The third-order valence-corrected chi connectivity index (χ3v) is 5.84. The number of aliphatic hydroxyl groups excluding tert-OH is 4. The summed E-state index contributed by atoms with van der Waals surface area (Å²) in [4.78, 5) is 12.9. The number of hydrogen-bond acceptors (Lipinski definition) is 10. The highest BCUT2D eigenvalue weighted by atomic mass is 16.7. The van der Waals surface area contributed by atoms with E-state index in [1.165, 1.54) is 20.3 Å². The van der Waals surface area contributed by atoms with E-state index in [4.69, 9.17) is 23.7 Å². The highest BCUT2D eigenvalue weighted by molar-refractivity contribution is 5.95. The standard InChI is InChI=1S/C23H26O10/c1-29-13-7-6-11(8-16(13)30-2)15-9-12-4-3-5-14(18(12)22(28)31-15)32-23-21(27)20(26)19(25)17(10-24)33-23/h3-8,15,17,19-21,23-27H,9-10H2,1-2H3. The predicted molar refractivity (Wildman–Crippen MR) is 112 cm³/mol. The fraction of sp³-hybridized carbons (Fsp3) is 0.435.